The number of hydrogen-bond acceptors (Lipinski definition) is 3. The normalized spacial score (nSPS) is 10.9. The fourth-order valence-corrected chi connectivity index (χ4v) is 3.98. The van der Waals surface area contributed by atoms with E-state index >= 15 is 0 Å². The van der Waals surface area contributed by atoms with E-state index in [1.165, 1.54) is 17.0 Å². The molecule has 140 valence electrons. The molecular weight excluding hydrogens is 369 g/mol. The summed E-state index contributed by atoms with van der Waals surface area (Å²) in [5.41, 5.74) is 3.87. The third-order valence-corrected chi connectivity index (χ3v) is 5.56. The van der Waals surface area contributed by atoms with Crippen molar-refractivity contribution in [3.63, 3.8) is 0 Å². The van der Waals surface area contributed by atoms with Crippen molar-refractivity contribution in [2.24, 2.45) is 0 Å². The number of halogens is 1. The largest absolute Gasteiger partial charge is 0.330 e. The van der Waals surface area contributed by atoms with E-state index in [0.29, 0.717) is 0 Å². The number of imidazole rings is 1. The van der Waals surface area contributed by atoms with Crippen LogP contribution in [0.2, 0.25) is 0 Å². The first-order valence-electron chi connectivity index (χ1n) is 9.20. The van der Waals surface area contributed by atoms with Gasteiger partial charge < -0.3 is 4.57 Å². The fourth-order valence-electron chi connectivity index (χ4n) is 3.12. The molecule has 0 amide bonds. The minimum Gasteiger partial charge on any atom is -0.330 e. The van der Waals surface area contributed by atoms with Crippen LogP contribution in [0.15, 0.2) is 90.3 Å². The number of pyridine rings is 1. The maximum absolute atomic E-state index is 13.3. The van der Waals surface area contributed by atoms with Crippen LogP contribution in [0, 0.1) is 5.82 Å². The van der Waals surface area contributed by atoms with E-state index in [-0.39, 0.29) is 5.82 Å². The topological polar surface area (TPSA) is 30.7 Å². The van der Waals surface area contributed by atoms with Crippen LogP contribution in [0.5, 0.6) is 0 Å². The standard InChI is InChI=1S/C23H20FN3S/c24-20-9-7-18(8-10-20)22-23(19-11-13-25-14-12-19)27(17-26-22)15-4-16-28-21-5-2-1-3-6-21/h1-3,5-14,17H,4,15-16H2. The predicted octanol–water partition coefficient (Wildman–Crippen LogP) is 5.93. The van der Waals surface area contributed by atoms with Crippen LogP contribution >= 0.6 is 11.8 Å². The van der Waals surface area contributed by atoms with Gasteiger partial charge in [0.15, 0.2) is 0 Å². The first-order valence-corrected chi connectivity index (χ1v) is 10.2. The molecule has 2 aromatic carbocycles. The van der Waals surface area contributed by atoms with Crippen molar-refractivity contribution < 1.29 is 4.39 Å². The summed E-state index contributed by atoms with van der Waals surface area (Å²) in [5.74, 6) is 0.788. The molecule has 0 spiro atoms. The molecule has 0 radical (unpaired) electrons. The molecule has 0 saturated carbocycles. The lowest BCUT2D eigenvalue weighted by Gasteiger charge is -2.11. The van der Waals surface area contributed by atoms with Gasteiger partial charge in [-0.2, -0.15) is 0 Å². The maximum atomic E-state index is 13.3. The second-order valence-corrected chi connectivity index (χ2v) is 7.56. The Hall–Kier alpha value is -2.92. The van der Waals surface area contributed by atoms with Crippen molar-refractivity contribution in [3.05, 3.63) is 91.3 Å². The third-order valence-electron chi connectivity index (χ3n) is 4.46. The summed E-state index contributed by atoms with van der Waals surface area (Å²) in [6, 6.07) is 20.9. The number of aromatic nitrogens is 3. The van der Waals surface area contributed by atoms with E-state index in [1.54, 1.807) is 24.5 Å². The minimum absolute atomic E-state index is 0.244. The summed E-state index contributed by atoms with van der Waals surface area (Å²) in [5, 5.41) is 0. The van der Waals surface area contributed by atoms with Crippen molar-refractivity contribution in [1.82, 2.24) is 14.5 Å². The Morgan fingerprint density at radius 2 is 1.61 bits per heavy atom. The van der Waals surface area contributed by atoms with Crippen molar-refractivity contribution in [2.75, 3.05) is 5.75 Å². The second kappa shape index (κ2) is 8.85. The van der Waals surface area contributed by atoms with Crippen LogP contribution in [0.25, 0.3) is 22.5 Å². The average molecular weight is 389 g/mol. The van der Waals surface area contributed by atoms with E-state index in [9.17, 15) is 4.39 Å². The molecule has 0 atom stereocenters. The van der Waals surface area contributed by atoms with Gasteiger partial charge in [0.1, 0.15) is 5.82 Å². The van der Waals surface area contributed by atoms with E-state index in [1.807, 2.05) is 36.3 Å². The van der Waals surface area contributed by atoms with Crippen LogP contribution in [0.4, 0.5) is 4.39 Å². The Morgan fingerprint density at radius 3 is 2.36 bits per heavy atom. The average Bonchev–Trinajstić information content (AvgIpc) is 3.17. The zero-order chi connectivity index (χ0) is 19.2. The highest BCUT2D eigenvalue weighted by atomic mass is 32.2. The monoisotopic (exact) mass is 389 g/mol. The van der Waals surface area contributed by atoms with Crippen molar-refractivity contribution in [2.45, 2.75) is 17.9 Å². The van der Waals surface area contributed by atoms with E-state index in [4.69, 9.17) is 0 Å². The number of nitrogens with zero attached hydrogens (tertiary/aromatic N) is 3. The number of aryl methyl sites for hydroxylation is 1. The van der Waals surface area contributed by atoms with Crippen molar-refractivity contribution in [3.8, 4) is 22.5 Å². The van der Waals surface area contributed by atoms with Gasteiger partial charge in [-0.1, -0.05) is 18.2 Å². The van der Waals surface area contributed by atoms with Crippen LogP contribution in [0.3, 0.4) is 0 Å². The molecule has 0 aliphatic heterocycles. The molecular formula is C23H20FN3S. The van der Waals surface area contributed by atoms with Gasteiger partial charge in [0, 0.05) is 35.0 Å². The Balaban J connectivity index is 1.56. The molecule has 3 nitrogen and oxygen atoms in total. The summed E-state index contributed by atoms with van der Waals surface area (Å²) in [7, 11) is 0. The van der Waals surface area contributed by atoms with Gasteiger partial charge in [0.05, 0.1) is 17.7 Å². The second-order valence-electron chi connectivity index (χ2n) is 6.39. The number of hydrogen-bond donors (Lipinski definition) is 0. The van der Waals surface area contributed by atoms with Gasteiger partial charge in [-0.25, -0.2) is 9.37 Å². The molecule has 2 aromatic heterocycles. The maximum Gasteiger partial charge on any atom is 0.123 e. The zero-order valence-electron chi connectivity index (χ0n) is 15.3. The molecule has 5 heteroatoms. The molecule has 4 aromatic rings. The van der Waals surface area contributed by atoms with Gasteiger partial charge in [-0.15, -0.1) is 11.8 Å². The van der Waals surface area contributed by atoms with Crippen LogP contribution < -0.4 is 0 Å². The highest BCUT2D eigenvalue weighted by Gasteiger charge is 2.15. The highest BCUT2D eigenvalue weighted by Crippen LogP contribution is 2.31. The Morgan fingerprint density at radius 1 is 0.857 bits per heavy atom. The summed E-state index contributed by atoms with van der Waals surface area (Å²) in [6.07, 6.45) is 6.47. The molecule has 4 rings (SSSR count). The SMILES string of the molecule is Fc1ccc(-c2ncn(CCCSc3ccccc3)c2-c2ccncc2)cc1. The number of rotatable bonds is 7. The molecule has 0 N–H and O–H groups in total. The molecule has 0 bridgehead atoms. The smallest absolute Gasteiger partial charge is 0.123 e. The Bertz CT molecular complexity index is 1010. The summed E-state index contributed by atoms with van der Waals surface area (Å²) in [6.45, 7) is 0.867. The molecule has 28 heavy (non-hydrogen) atoms. The molecule has 0 aliphatic carbocycles. The van der Waals surface area contributed by atoms with Gasteiger partial charge in [0.2, 0.25) is 0 Å². The fraction of sp³-hybridized carbons (Fsp3) is 0.130. The van der Waals surface area contributed by atoms with Gasteiger partial charge in [0.25, 0.3) is 0 Å². The van der Waals surface area contributed by atoms with Crippen molar-refractivity contribution >= 4 is 11.8 Å². The summed E-state index contributed by atoms with van der Waals surface area (Å²) < 4.78 is 15.5. The summed E-state index contributed by atoms with van der Waals surface area (Å²) >= 11 is 1.86. The lowest BCUT2D eigenvalue weighted by molar-refractivity contribution is 0.628. The highest BCUT2D eigenvalue weighted by molar-refractivity contribution is 7.99. The van der Waals surface area contributed by atoms with Crippen LogP contribution in [-0.4, -0.2) is 20.3 Å². The van der Waals surface area contributed by atoms with Gasteiger partial charge >= 0.3 is 0 Å². The molecule has 0 aliphatic rings. The first kappa shape index (κ1) is 18.4. The zero-order valence-corrected chi connectivity index (χ0v) is 16.1. The van der Waals surface area contributed by atoms with Gasteiger partial charge in [-0.05, 0) is 60.7 Å². The number of thioether (sulfide) groups is 1. The van der Waals surface area contributed by atoms with Crippen LogP contribution in [0.1, 0.15) is 6.42 Å². The number of benzene rings is 2. The predicted molar refractivity (Wildman–Crippen MR) is 113 cm³/mol. The molecule has 0 unspecified atom stereocenters. The lowest BCUT2D eigenvalue weighted by atomic mass is 10.1. The summed E-state index contributed by atoms with van der Waals surface area (Å²) in [4.78, 5) is 10.1. The molecule has 2 heterocycles. The minimum atomic E-state index is -0.244. The van der Waals surface area contributed by atoms with Crippen LogP contribution in [-0.2, 0) is 6.54 Å². The van der Waals surface area contributed by atoms with E-state index in [0.717, 1.165) is 41.2 Å². The van der Waals surface area contributed by atoms with E-state index in [2.05, 4.69) is 38.8 Å². The quantitative estimate of drug-likeness (QED) is 0.290. The van der Waals surface area contributed by atoms with Gasteiger partial charge in [-0.3, -0.25) is 4.98 Å². The first-order chi connectivity index (χ1) is 13.8. The lowest BCUT2D eigenvalue weighted by Crippen LogP contribution is -2.01. The molecule has 0 fully saturated rings. The van der Waals surface area contributed by atoms with E-state index < -0.39 is 0 Å². The van der Waals surface area contributed by atoms with Crippen molar-refractivity contribution in [1.29, 1.82) is 0 Å². The Kier molecular flexibility index (Phi) is 5.83. The third kappa shape index (κ3) is 4.31. The Labute approximate surface area is 168 Å². The molecule has 0 saturated heterocycles.